The lowest BCUT2D eigenvalue weighted by Crippen LogP contribution is -2.14. The van der Waals surface area contributed by atoms with Crippen molar-refractivity contribution in [2.45, 2.75) is 32.3 Å². The SMILES string of the molecule is COCc1cc2nc3c(c(NCCCN)n2n1)CCC3. The van der Waals surface area contributed by atoms with E-state index in [-0.39, 0.29) is 0 Å². The molecular formula is C14H21N5O. The number of hydrogen-bond acceptors (Lipinski definition) is 5. The van der Waals surface area contributed by atoms with Crippen molar-refractivity contribution in [1.82, 2.24) is 14.6 Å². The molecule has 2 aromatic heterocycles. The van der Waals surface area contributed by atoms with Crippen LogP contribution in [0.25, 0.3) is 5.65 Å². The van der Waals surface area contributed by atoms with Crippen molar-refractivity contribution in [3.63, 3.8) is 0 Å². The van der Waals surface area contributed by atoms with Crippen LogP contribution in [0.2, 0.25) is 0 Å². The van der Waals surface area contributed by atoms with E-state index in [2.05, 4.69) is 10.4 Å². The Kier molecular flexibility index (Phi) is 3.84. The molecule has 2 aromatic rings. The number of aromatic nitrogens is 3. The van der Waals surface area contributed by atoms with E-state index in [1.807, 2.05) is 10.6 Å². The third-order valence-corrected chi connectivity index (χ3v) is 3.64. The lowest BCUT2D eigenvalue weighted by atomic mass is 10.2. The lowest BCUT2D eigenvalue weighted by Gasteiger charge is -2.12. The van der Waals surface area contributed by atoms with E-state index >= 15 is 0 Å². The molecule has 0 atom stereocenters. The molecule has 0 bridgehead atoms. The number of ether oxygens (including phenoxy) is 1. The third-order valence-electron chi connectivity index (χ3n) is 3.64. The van der Waals surface area contributed by atoms with Gasteiger partial charge in [0.1, 0.15) is 5.82 Å². The van der Waals surface area contributed by atoms with E-state index in [0.29, 0.717) is 13.2 Å². The van der Waals surface area contributed by atoms with E-state index < -0.39 is 0 Å². The van der Waals surface area contributed by atoms with Crippen LogP contribution in [-0.2, 0) is 24.2 Å². The van der Waals surface area contributed by atoms with Crippen molar-refractivity contribution < 1.29 is 4.74 Å². The monoisotopic (exact) mass is 275 g/mol. The maximum Gasteiger partial charge on any atom is 0.157 e. The largest absolute Gasteiger partial charge is 0.378 e. The zero-order chi connectivity index (χ0) is 13.9. The second kappa shape index (κ2) is 5.76. The fourth-order valence-electron chi connectivity index (χ4n) is 2.74. The zero-order valence-electron chi connectivity index (χ0n) is 11.9. The van der Waals surface area contributed by atoms with E-state index in [1.165, 1.54) is 17.7 Å². The molecule has 3 N–H and O–H groups in total. The highest BCUT2D eigenvalue weighted by Gasteiger charge is 2.20. The molecule has 0 saturated carbocycles. The van der Waals surface area contributed by atoms with Gasteiger partial charge in [-0.3, -0.25) is 0 Å². The highest BCUT2D eigenvalue weighted by atomic mass is 16.5. The molecule has 1 aliphatic carbocycles. The minimum Gasteiger partial charge on any atom is -0.378 e. The third kappa shape index (κ3) is 2.36. The Balaban J connectivity index is 2.02. The Bertz CT molecular complexity index is 607. The van der Waals surface area contributed by atoms with Gasteiger partial charge in [-0.2, -0.15) is 9.61 Å². The molecule has 1 aliphatic rings. The molecule has 0 saturated heterocycles. The van der Waals surface area contributed by atoms with Gasteiger partial charge in [0.25, 0.3) is 0 Å². The number of anilines is 1. The molecule has 6 heteroatoms. The van der Waals surface area contributed by atoms with E-state index in [9.17, 15) is 0 Å². The lowest BCUT2D eigenvalue weighted by molar-refractivity contribution is 0.181. The first kappa shape index (κ1) is 13.3. The first-order valence-corrected chi connectivity index (χ1v) is 7.16. The van der Waals surface area contributed by atoms with Gasteiger partial charge in [-0.25, -0.2) is 4.98 Å². The van der Waals surface area contributed by atoms with Gasteiger partial charge in [0.2, 0.25) is 0 Å². The Morgan fingerprint density at radius 3 is 3.15 bits per heavy atom. The Labute approximate surface area is 118 Å². The number of fused-ring (bicyclic) bond motifs is 2. The van der Waals surface area contributed by atoms with E-state index in [1.54, 1.807) is 7.11 Å². The van der Waals surface area contributed by atoms with E-state index in [0.717, 1.165) is 43.0 Å². The average Bonchev–Trinajstić information content (AvgIpc) is 3.04. The summed E-state index contributed by atoms with van der Waals surface area (Å²) in [7, 11) is 1.68. The molecule has 0 fully saturated rings. The van der Waals surface area contributed by atoms with Crippen LogP contribution in [0.4, 0.5) is 5.82 Å². The zero-order valence-corrected chi connectivity index (χ0v) is 11.9. The molecule has 2 heterocycles. The van der Waals surface area contributed by atoms with Crippen molar-refractivity contribution in [2.24, 2.45) is 5.73 Å². The average molecular weight is 275 g/mol. The molecule has 0 aromatic carbocycles. The summed E-state index contributed by atoms with van der Waals surface area (Å²) in [4.78, 5) is 4.73. The molecule has 108 valence electrons. The first-order valence-electron chi connectivity index (χ1n) is 7.16. The summed E-state index contributed by atoms with van der Waals surface area (Å²) in [5.41, 5.74) is 9.89. The van der Waals surface area contributed by atoms with Crippen molar-refractivity contribution >= 4 is 11.5 Å². The van der Waals surface area contributed by atoms with Gasteiger partial charge in [0.15, 0.2) is 5.65 Å². The quantitative estimate of drug-likeness (QED) is 0.773. The van der Waals surface area contributed by atoms with Crippen LogP contribution >= 0.6 is 0 Å². The molecule has 0 amide bonds. The van der Waals surface area contributed by atoms with Gasteiger partial charge in [-0.05, 0) is 32.2 Å². The van der Waals surface area contributed by atoms with Crippen molar-refractivity contribution in [3.8, 4) is 0 Å². The molecule has 3 rings (SSSR count). The topological polar surface area (TPSA) is 77.5 Å². The van der Waals surface area contributed by atoms with Crippen LogP contribution in [0.1, 0.15) is 29.8 Å². The minimum atomic E-state index is 0.510. The molecule has 6 nitrogen and oxygen atoms in total. The second-order valence-corrected chi connectivity index (χ2v) is 5.15. The van der Waals surface area contributed by atoms with E-state index in [4.69, 9.17) is 15.5 Å². The summed E-state index contributed by atoms with van der Waals surface area (Å²) < 4.78 is 7.07. The predicted molar refractivity (Wildman–Crippen MR) is 77.9 cm³/mol. The Morgan fingerprint density at radius 1 is 1.45 bits per heavy atom. The van der Waals surface area contributed by atoms with Gasteiger partial charge in [0, 0.05) is 31.0 Å². The van der Waals surface area contributed by atoms with Crippen LogP contribution in [0.5, 0.6) is 0 Å². The van der Waals surface area contributed by atoms with Crippen LogP contribution in [0.3, 0.4) is 0 Å². The Morgan fingerprint density at radius 2 is 2.35 bits per heavy atom. The molecule has 0 unspecified atom stereocenters. The highest BCUT2D eigenvalue weighted by molar-refractivity contribution is 5.57. The molecular weight excluding hydrogens is 254 g/mol. The molecule has 0 radical (unpaired) electrons. The number of methoxy groups -OCH3 is 1. The van der Waals surface area contributed by atoms with Crippen molar-refractivity contribution in [1.29, 1.82) is 0 Å². The van der Waals surface area contributed by atoms with Gasteiger partial charge in [-0.1, -0.05) is 0 Å². The van der Waals surface area contributed by atoms with Crippen LogP contribution in [0, 0.1) is 0 Å². The number of aryl methyl sites for hydroxylation is 1. The summed E-state index contributed by atoms with van der Waals surface area (Å²) >= 11 is 0. The summed E-state index contributed by atoms with van der Waals surface area (Å²) in [5.74, 6) is 1.08. The molecule has 0 spiro atoms. The predicted octanol–water partition coefficient (Wildman–Crippen LogP) is 1.13. The molecule has 0 aliphatic heterocycles. The maximum atomic E-state index is 5.57. The fraction of sp³-hybridized carbons (Fsp3) is 0.571. The van der Waals surface area contributed by atoms with Crippen molar-refractivity contribution in [3.05, 3.63) is 23.0 Å². The number of nitrogens with two attached hydrogens (primary N) is 1. The summed E-state index contributed by atoms with van der Waals surface area (Å²) in [5, 5.41) is 8.08. The first-order chi connectivity index (χ1) is 9.83. The Hall–Kier alpha value is -1.66. The van der Waals surface area contributed by atoms with Crippen LogP contribution in [0.15, 0.2) is 6.07 Å². The number of rotatable bonds is 6. The highest BCUT2D eigenvalue weighted by Crippen LogP contribution is 2.28. The summed E-state index contributed by atoms with van der Waals surface area (Å²) in [6, 6.07) is 2.00. The maximum absolute atomic E-state index is 5.57. The number of nitrogens with zero attached hydrogens (tertiary/aromatic N) is 3. The van der Waals surface area contributed by atoms with Gasteiger partial charge < -0.3 is 15.8 Å². The summed E-state index contributed by atoms with van der Waals surface area (Å²) in [6.45, 7) is 2.06. The normalized spacial score (nSPS) is 13.9. The summed E-state index contributed by atoms with van der Waals surface area (Å²) in [6.07, 6.45) is 4.25. The van der Waals surface area contributed by atoms with Gasteiger partial charge in [0.05, 0.1) is 12.3 Å². The standard InChI is InChI=1S/C14H21N5O/c1-20-9-10-8-13-17-12-5-2-4-11(12)14(19(13)18-10)16-7-3-6-15/h8,16H,2-7,9,15H2,1H3. The smallest absolute Gasteiger partial charge is 0.157 e. The number of hydrogen-bond donors (Lipinski definition) is 2. The molecule has 20 heavy (non-hydrogen) atoms. The van der Waals surface area contributed by atoms with Crippen LogP contribution < -0.4 is 11.1 Å². The second-order valence-electron chi connectivity index (χ2n) is 5.15. The minimum absolute atomic E-state index is 0.510. The van der Waals surface area contributed by atoms with Gasteiger partial charge >= 0.3 is 0 Å². The van der Waals surface area contributed by atoms with Crippen LogP contribution in [-0.4, -0.2) is 34.8 Å². The van der Waals surface area contributed by atoms with Crippen molar-refractivity contribution in [2.75, 3.05) is 25.5 Å². The fourth-order valence-corrected chi connectivity index (χ4v) is 2.74. The number of nitrogens with one attached hydrogen (secondary N) is 1. The van der Waals surface area contributed by atoms with Gasteiger partial charge in [-0.15, -0.1) is 0 Å².